The van der Waals surface area contributed by atoms with E-state index in [4.69, 9.17) is 9.15 Å². The van der Waals surface area contributed by atoms with Crippen LogP contribution in [0, 0.1) is 11.3 Å². The molecule has 0 radical (unpaired) electrons. The number of anilines is 1. The second-order valence-corrected chi connectivity index (χ2v) is 5.98. The summed E-state index contributed by atoms with van der Waals surface area (Å²) in [5.41, 5.74) is 1.64. The molecule has 112 valence electrons. The molecule has 22 heavy (non-hydrogen) atoms. The Kier molecular flexibility index (Phi) is 3.04. The molecular formula is C17H17N3O2. The van der Waals surface area contributed by atoms with Gasteiger partial charge in [0.2, 0.25) is 17.5 Å². The molecule has 5 heteroatoms. The van der Waals surface area contributed by atoms with Crippen molar-refractivity contribution in [2.45, 2.75) is 37.1 Å². The van der Waals surface area contributed by atoms with Crippen LogP contribution in [-0.2, 0) is 0 Å². The van der Waals surface area contributed by atoms with Crippen LogP contribution in [0.2, 0.25) is 0 Å². The van der Waals surface area contributed by atoms with Gasteiger partial charge in [0.05, 0.1) is 7.11 Å². The molecule has 2 aromatic rings. The number of methoxy groups -OCH3 is 1. The lowest BCUT2D eigenvalue weighted by Gasteiger charge is -2.02. The van der Waals surface area contributed by atoms with Crippen LogP contribution in [0.15, 0.2) is 28.7 Å². The first kappa shape index (κ1) is 13.2. The zero-order valence-corrected chi connectivity index (χ0v) is 12.4. The van der Waals surface area contributed by atoms with E-state index in [9.17, 15) is 5.26 Å². The van der Waals surface area contributed by atoms with Gasteiger partial charge in [0.1, 0.15) is 11.8 Å². The van der Waals surface area contributed by atoms with Gasteiger partial charge in [-0.25, -0.2) is 4.98 Å². The number of aromatic nitrogens is 1. The Morgan fingerprint density at radius 3 is 2.68 bits per heavy atom. The highest BCUT2D eigenvalue weighted by Crippen LogP contribution is 2.55. The number of rotatable bonds is 5. The number of benzene rings is 1. The number of hydrogen-bond donors (Lipinski definition) is 1. The van der Waals surface area contributed by atoms with Gasteiger partial charge < -0.3 is 14.5 Å². The summed E-state index contributed by atoms with van der Waals surface area (Å²) < 4.78 is 11.0. The van der Waals surface area contributed by atoms with E-state index in [1.165, 1.54) is 5.56 Å². The van der Waals surface area contributed by atoms with E-state index in [1.807, 2.05) is 12.1 Å². The molecule has 5 nitrogen and oxygen atoms in total. The van der Waals surface area contributed by atoms with Gasteiger partial charge in [-0.2, -0.15) is 5.26 Å². The highest BCUT2D eigenvalue weighted by Gasteiger charge is 2.44. The third-order valence-electron chi connectivity index (χ3n) is 4.31. The fourth-order valence-corrected chi connectivity index (χ4v) is 2.77. The van der Waals surface area contributed by atoms with Crippen molar-refractivity contribution in [2.75, 3.05) is 12.4 Å². The number of nitrogens with one attached hydrogen (secondary N) is 1. The van der Waals surface area contributed by atoms with Gasteiger partial charge in [-0.05, 0) is 42.9 Å². The molecule has 0 aliphatic heterocycles. The highest BCUT2D eigenvalue weighted by atomic mass is 16.5. The number of nitriles is 1. The number of hydrogen-bond acceptors (Lipinski definition) is 5. The zero-order chi connectivity index (χ0) is 15.1. The lowest BCUT2D eigenvalue weighted by atomic mass is 10.1. The quantitative estimate of drug-likeness (QED) is 0.915. The molecule has 2 unspecified atom stereocenters. The van der Waals surface area contributed by atoms with Gasteiger partial charge in [0.15, 0.2) is 0 Å². The standard InChI is InChI=1S/C17H17N3O2/c1-21-12-6-2-10(3-7-12)13-8-14(13)16-20-15(9-18)17(22-16)19-11-4-5-11/h2-3,6-7,11,13-14,19H,4-5,8H2,1H3. The van der Waals surface area contributed by atoms with Crippen LogP contribution in [0.25, 0.3) is 0 Å². The minimum absolute atomic E-state index is 0.273. The SMILES string of the molecule is COc1ccc(C2CC2c2nc(C#N)c(NC3CC3)o2)cc1. The van der Waals surface area contributed by atoms with Crippen molar-refractivity contribution in [3.8, 4) is 11.8 Å². The van der Waals surface area contributed by atoms with E-state index in [2.05, 4.69) is 28.5 Å². The Morgan fingerprint density at radius 2 is 2.05 bits per heavy atom. The molecule has 0 bridgehead atoms. The van der Waals surface area contributed by atoms with E-state index in [0.29, 0.717) is 29.4 Å². The van der Waals surface area contributed by atoms with Crippen LogP contribution >= 0.6 is 0 Å². The molecule has 4 rings (SSSR count). The molecular weight excluding hydrogens is 278 g/mol. The molecule has 0 amide bonds. The van der Waals surface area contributed by atoms with Crippen LogP contribution in [-0.4, -0.2) is 18.1 Å². The molecule has 1 heterocycles. The Labute approximate surface area is 128 Å². The first-order valence-electron chi connectivity index (χ1n) is 7.60. The van der Waals surface area contributed by atoms with Crippen LogP contribution < -0.4 is 10.1 Å². The fraction of sp³-hybridized carbons (Fsp3) is 0.412. The molecule has 2 atom stereocenters. The first-order chi connectivity index (χ1) is 10.8. The molecule has 0 spiro atoms. The summed E-state index contributed by atoms with van der Waals surface area (Å²) in [6, 6.07) is 10.7. The lowest BCUT2D eigenvalue weighted by Crippen LogP contribution is -2.00. The summed E-state index contributed by atoms with van der Waals surface area (Å²) in [7, 11) is 1.67. The molecule has 0 saturated heterocycles. The third kappa shape index (κ3) is 2.41. The largest absolute Gasteiger partial charge is 0.497 e. The average Bonchev–Trinajstić information content (AvgIpc) is 3.46. The highest BCUT2D eigenvalue weighted by molar-refractivity contribution is 5.48. The average molecular weight is 295 g/mol. The van der Waals surface area contributed by atoms with E-state index in [1.54, 1.807) is 7.11 Å². The zero-order valence-electron chi connectivity index (χ0n) is 12.4. The number of nitrogens with zero attached hydrogens (tertiary/aromatic N) is 2. The van der Waals surface area contributed by atoms with Crippen molar-refractivity contribution in [2.24, 2.45) is 0 Å². The van der Waals surface area contributed by atoms with Gasteiger partial charge in [0, 0.05) is 12.0 Å². The number of ether oxygens (including phenoxy) is 1. The van der Waals surface area contributed by atoms with Crippen LogP contribution in [0.5, 0.6) is 5.75 Å². The molecule has 1 aromatic heterocycles. The van der Waals surface area contributed by atoms with Crippen molar-refractivity contribution in [3.63, 3.8) is 0 Å². The van der Waals surface area contributed by atoms with E-state index >= 15 is 0 Å². The molecule has 1 aromatic carbocycles. The van der Waals surface area contributed by atoms with Gasteiger partial charge in [-0.15, -0.1) is 0 Å². The normalized spacial score (nSPS) is 22.9. The van der Waals surface area contributed by atoms with Crippen molar-refractivity contribution in [3.05, 3.63) is 41.4 Å². The predicted octanol–water partition coefficient (Wildman–Crippen LogP) is 3.40. The van der Waals surface area contributed by atoms with Crippen molar-refractivity contribution in [1.82, 2.24) is 4.98 Å². The topological polar surface area (TPSA) is 71.1 Å². The van der Waals surface area contributed by atoms with Gasteiger partial charge >= 0.3 is 0 Å². The van der Waals surface area contributed by atoms with E-state index in [-0.39, 0.29) is 5.92 Å². The van der Waals surface area contributed by atoms with Crippen molar-refractivity contribution >= 4 is 5.88 Å². The number of oxazole rings is 1. The van der Waals surface area contributed by atoms with E-state index in [0.717, 1.165) is 25.0 Å². The second kappa shape index (κ2) is 5.06. The summed E-state index contributed by atoms with van der Waals surface area (Å²) >= 11 is 0. The van der Waals surface area contributed by atoms with Crippen LogP contribution in [0.1, 0.15) is 48.2 Å². The van der Waals surface area contributed by atoms with Gasteiger partial charge in [-0.1, -0.05) is 12.1 Å². The second-order valence-electron chi connectivity index (χ2n) is 5.98. The summed E-state index contributed by atoms with van der Waals surface area (Å²) in [5.74, 6) is 2.78. The summed E-state index contributed by atoms with van der Waals surface area (Å²) in [5, 5.41) is 12.4. The van der Waals surface area contributed by atoms with E-state index < -0.39 is 0 Å². The Hall–Kier alpha value is -2.48. The summed E-state index contributed by atoms with van der Waals surface area (Å²) in [6.45, 7) is 0. The monoisotopic (exact) mass is 295 g/mol. The summed E-state index contributed by atoms with van der Waals surface area (Å²) in [4.78, 5) is 4.37. The maximum Gasteiger partial charge on any atom is 0.232 e. The summed E-state index contributed by atoms with van der Waals surface area (Å²) in [6.07, 6.45) is 3.29. The molecule has 2 aliphatic rings. The lowest BCUT2D eigenvalue weighted by molar-refractivity contribution is 0.414. The van der Waals surface area contributed by atoms with Crippen LogP contribution in [0.4, 0.5) is 5.88 Å². The minimum atomic E-state index is 0.273. The van der Waals surface area contributed by atoms with Crippen molar-refractivity contribution in [1.29, 1.82) is 5.26 Å². The van der Waals surface area contributed by atoms with Crippen LogP contribution in [0.3, 0.4) is 0 Å². The first-order valence-corrected chi connectivity index (χ1v) is 7.60. The smallest absolute Gasteiger partial charge is 0.232 e. The maximum absolute atomic E-state index is 9.18. The Bertz CT molecular complexity index is 725. The molecule has 2 fully saturated rings. The predicted molar refractivity (Wildman–Crippen MR) is 81.0 cm³/mol. The molecule has 2 saturated carbocycles. The van der Waals surface area contributed by atoms with Gasteiger partial charge in [0.25, 0.3) is 0 Å². The maximum atomic E-state index is 9.18. The third-order valence-corrected chi connectivity index (χ3v) is 4.31. The van der Waals surface area contributed by atoms with Crippen molar-refractivity contribution < 1.29 is 9.15 Å². The Balaban J connectivity index is 1.51. The Morgan fingerprint density at radius 1 is 1.27 bits per heavy atom. The van der Waals surface area contributed by atoms with Gasteiger partial charge in [-0.3, -0.25) is 0 Å². The minimum Gasteiger partial charge on any atom is -0.497 e. The fourth-order valence-electron chi connectivity index (χ4n) is 2.77. The molecule has 1 N–H and O–H groups in total. The molecule has 2 aliphatic carbocycles.